The largest absolute Gasteiger partial charge is 0.381 e. The van der Waals surface area contributed by atoms with Crippen LogP contribution in [0.25, 0.3) is 11.4 Å². The van der Waals surface area contributed by atoms with Gasteiger partial charge in [0.2, 0.25) is 0 Å². The van der Waals surface area contributed by atoms with Crippen LogP contribution in [0.4, 0.5) is 5.82 Å². The number of aryl methyl sites for hydroxylation is 1. The second kappa shape index (κ2) is 7.78. The fourth-order valence-electron chi connectivity index (χ4n) is 3.19. The highest BCUT2D eigenvalue weighted by molar-refractivity contribution is 5.56. The van der Waals surface area contributed by atoms with Gasteiger partial charge in [-0.15, -0.1) is 0 Å². The summed E-state index contributed by atoms with van der Waals surface area (Å²) in [5, 5.41) is 0. The zero-order valence-corrected chi connectivity index (χ0v) is 15.2. The Morgan fingerprint density at radius 3 is 2.88 bits per heavy atom. The molecular formula is C19H26N4O2. The van der Waals surface area contributed by atoms with Crippen molar-refractivity contribution in [2.24, 2.45) is 5.92 Å². The van der Waals surface area contributed by atoms with Crippen LogP contribution < -0.4 is 10.5 Å². The van der Waals surface area contributed by atoms with E-state index in [9.17, 15) is 4.79 Å². The third-order valence-corrected chi connectivity index (χ3v) is 4.82. The lowest BCUT2D eigenvalue weighted by atomic mass is 9.99. The molecule has 0 amide bonds. The smallest absolute Gasteiger partial charge is 0.254 e. The molecule has 0 aliphatic carbocycles. The summed E-state index contributed by atoms with van der Waals surface area (Å²) >= 11 is 0. The van der Waals surface area contributed by atoms with Crippen LogP contribution in [0.15, 0.2) is 23.1 Å². The van der Waals surface area contributed by atoms with Gasteiger partial charge in [-0.25, -0.2) is 9.97 Å². The zero-order chi connectivity index (χ0) is 17.8. The van der Waals surface area contributed by atoms with Gasteiger partial charge in [0.05, 0.1) is 6.61 Å². The molecule has 134 valence electrons. The summed E-state index contributed by atoms with van der Waals surface area (Å²) in [5.41, 5.74) is 2.13. The Bertz CT molecular complexity index is 770. The van der Waals surface area contributed by atoms with E-state index < -0.39 is 0 Å². The lowest BCUT2D eigenvalue weighted by Crippen LogP contribution is -2.37. The number of H-pyrrole nitrogens is 1. The lowest BCUT2D eigenvalue weighted by molar-refractivity contribution is 0.104. The molecule has 1 saturated heterocycles. The molecule has 25 heavy (non-hydrogen) atoms. The van der Waals surface area contributed by atoms with Gasteiger partial charge < -0.3 is 14.6 Å². The Balaban J connectivity index is 1.75. The van der Waals surface area contributed by atoms with Crippen LogP contribution in [-0.4, -0.2) is 41.3 Å². The molecule has 1 N–H and O–H groups in total. The van der Waals surface area contributed by atoms with E-state index in [-0.39, 0.29) is 5.56 Å². The Kier molecular flexibility index (Phi) is 5.48. The minimum atomic E-state index is -0.0960. The van der Waals surface area contributed by atoms with Gasteiger partial charge in [-0.1, -0.05) is 0 Å². The minimum Gasteiger partial charge on any atom is -0.381 e. The summed E-state index contributed by atoms with van der Waals surface area (Å²) in [4.78, 5) is 26.1. The third-order valence-electron chi connectivity index (χ3n) is 4.82. The summed E-state index contributed by atoms with van der Waals surface area (Å²) in [6, 6.07) is 3.98. The minimum absolute atomic E-state index is 0.0960. The maximum atomic E-state index is 11.9. The van der Waals surface area contributed by atoms with E-state index in [0.717, 1.165) is 49.8 Å². The lowest BCUT2D eigenvalue weighted by Gasteiger charge is -2.33. The second-order valence-corrected chi connectivity index (χ2v) is 6.64. The number of anilines is 1. The first-order chi connectivity index (χ1) is 12.1. The summed E-state index contributed by atoms with van der Waals surface area (Å²) in [5.74, 6) is 2.10. The first kappa shape index (κ1) is 17.6. The number of nitrogens with zero attached hydrogens (tertiary/aromatic N) is 3. The zero-order valence-electron chi connectivity index (χ0n) is 15.2. The molecule has 0 spiro atoms. The van der Waals surface area contributed by atoms with Gasteiger partial charge in [-0.3, -0.25) is 4.79 Å². The van der Waals surface area contributed by atoms with Crippen molar-refractivity contribution in [3.05, 3.63) is 39.9 Å². The molecule has 1 aliphatic rings. The van der Waals surface area contributed by atoms with Crippen molar-refractivity contribution in [1.82, 2.24) is 15.0 Å². The van der Waals surface area contributed by atoms with Crippen molar-refractivity contribution in [2.45, 2.75) is 33.6 Å². The van der Waals surface area contributed by atoms with Crippen molar-refractivity contribution in [1.29, 1.82) is 0 Å². The molecule has 0 radical (unpaired) electrons. The van der Waals surface area contributed by atoms with Crippen molar-refractivity contribution < 1.29 is 4.74 Å². The molecule has 0 bridgehead atoms. The first-order valence-corrected chi connectivity index (χ1v) is 8.95. The van der Waals surface area contributed by atoms with Crippen LogP contribution in [0.2, 0.25) is 0 Å². The van der Waals surface area contributed by atoms with Gasteiger partial charge >= 0.3 is 0 Å². The standard InChI is InChI=1S/C19H26N4O2/c1-4-25-12-15-6-5-9-23(11-15)17-8-7-16(10-20-17)18-21-14(3)13(2)19(24)22-18/h7-8,10,15H,4-6,9,11-12H2,1-3H3,(H,21,22,24). The van der Waals surface area contributed by atoms with E-state index in [0.29, 0.717) is 17.3 Å². The number of pyridine rings is 1. The highest BCUT2D eigenvalue weighted by Crippen LogP contribution is 2.23. The Labute approximate surface area is 148 Å². The molecule has 2 aromatic rings. The van der Waals surface area contributed by atoms with E-state index in [1.165, 1.54) is 6.42 Å². The number of rotatable bonds is 5. The molecule has 3 heterocycles. The Morgan fingerprint density at radius 1 is 1.36 bits per heavy atom. The van der Waals surface area contributed by atoms with E-state index in [4.69, 9.17) is 4.74 Å². The average Bonchev–Trinajstić information content (AvgIpc) is 2.64. The molecule has 3 rings (SSSR count). The van der Waals surface area contributed by atoms with Crippen molar-refractivity contribution in [3.63, 3.8) is 0 Å². The summed E-state index contributed by atoms with van der Waals surface area (Å²) in [6.45, 7) is 9.25. The summed E-state index contributed by atoms with van der Waals surface area (Å²) < 4.78 is 5.58. The topological polar surface area (TPSA) is 71.1 Å². The Hall–Kier alpha value is -2.21. The van der Waals surface area contributed by atoms with Crippen LogP contribution >= 0.6 is 0 Å². The molecule has 1 aliphatic heterocycles. The molecule has 1 atom stereocenters. The molecule has 0 aromatic carbocycles. The third kappa shape index (κ3) is 4.07. The van der Waals surface area contributed by atoms with Gasteiger partial charge in [-0.05, 0) is 51.7 Å². The number of aromatic nitrogens is 3. The van der Waals surface area contributed by atoms with E-state index in [2.05, 4.69) is 19.9 Å². The number of hydrogen-bond donors (Lipinski definition) is 1. The van der Waals surface area contributed by atoms with Crippen molar-refractivity contribution >= 4 is 5.82 Å². The molecule has 6 nitrogen and oxygen atoms in total. The van der Waals surface area contributed by atoms with Crippen molar-refractivity contribution in [2.75, 3.05) is 31.2 Å². The number of ether oxygens (including phenoxy) is 1. The maximum absolute atomic E-state index is 11.9. The fraction of sp³-hybridized carbons (Fsp3) is 0.526. The highest BCUT2D eigenvalue weighted by Gasteiger charge is 2.21. The summed E-state index contributed by atoms with van der Waals surface area (Å²) in [7, 11) is 0. The van der Waals surface area contributed by atoms with E-state index in [1.54, 1.807) is 13.1 Å². The van der Waals surface area contributed by atoms with Gasteiger partial charge in [-0.2, -0.15) is 0 Å². The predicted octanol–water partition coefficient (Wildman–Crippen LogP) is 2.70. The number of nitrogens with one attached hydrogen (secondary N) is 1. The second-order valence-electron chi connectivity index (χ2n) is 6.64. The maximum Gasteiger partial charge on any atom is 0.254 e. The predicted molar refractivity (Wildman–Crippen MR) is 99.0 cm³/mol. The number of aromatic amines is 1. The summed E-state index contributed by atoms with van der Waals surface area (Å²) in [6.07, 6.45) is 4.16. The number of piperidine rings is 1. The Morgan fingerprint density at radius 2 is 2.20 bits per heavy atom. The van der Waals surface area contributed by atoms with E-state index in [1.807, 2.05) is 26.0 Å². The monoisotopic (exact) mass is 342 g/mol. The SMILES string of the molecule is CCOCC1CCCN(c2ccc(-c3nc(C)c(C)c(=O)[nH]3)cn2)C1. The quantitative estimate of drug-likeness (QED) is 0.904. The van der Waals surface area contributed by atoms with Gasteiger partial charge in [0.25, 0.3) is 5.56 Å². The normalized spacial score (nSPS) is 17.7. The molecule has 0 saturated carbocycles. The van der Waals surface area contributed by atoms with Crippen molar-refractivity contribution in [3.8, 4) is 11.4 Å². The first-order valence-electron chi connectivity index (χ1n) is 8.95. The van der Waals surface area contributed by atoms with Crippen LogP contribution in [0.5, 0.6) is 0 Å². The van der Waals surface area contributed by atoms with Crippen LogP contribution in [0, 0.1) is 19.8 Å². The van der Waals surface area contributed by atoms with Crippen LogP contribution in [0.1, 0.15) is 31.0 Å². The number of hydrogen-bond acceptors (Lipinski definition) is 5. The van der Waals surface area contributed by atoms with E-state index >= 15 is 0 Å². The van der Waals surface area contributed by atoms with Gasteiger partial charge in [0.15, 0.2) is 0 Å². The van der Waals surface area contributed by atoms with Gasteiger partial charge in [0.1, 0.15) is 11.6 Å². The van der Waals surface area contributed by atoms with Crippen LogP contribution in [-0.2, 0) is 4.74 Å². The van der Waals surface area contributed by atoms with Gasteiger partial charge in [0, 0.05) is 42.7 Å². The molecular weight excluding hydrogens is 316 g/mol. The molecule has 2 aromatic heterocycles. The average molecular weight is 342 g/mol. The highest BCUT2D eigenvalue weighted by atomic mass is 16.5. The fourth-order valence-corrected chi connectivity index (χ4v) is 3.19. The molecule has 1 unspecified atom stereocenters. The molecule has 6 heteroatoms. The van der Waals surface area contributed by atoms with Crippen LogP contribution in [0.3, 0.4) is 0 Å². The molecule has 1 fully saturated rings.